The minimum atomic E-state index is -0.918. The Morgan fingerprint density at radius 3 is 2.30 bits per heavy atom. The third-order valence-electron chi connectivity index (χ3n) is 4.31. The fourth-order valence-electron chi connectivity index (χ4n) is 2.94. The largest absolute Gasteiger partial charge is 0.295 e. The molecule has 2 aliphatic heterocycles. The van der Waals surface area contributed by atoms with E-state index < -0.39 is 23.8 Å². The summed E-state index contributed by atoms with van der Waals surface area (Å²) in [6, 6.07) is 4.28. The van der Waals surface area contributed by atoms with E-state index in [4.69, 9.17) is 0 Å². The van der Waals surface area contributed by atoms with Crippen LogP contribution >= 0.6 is 0 Å². The Labute approximate surface area is 133 Å². The number of carbonyl (C=O) groups is 4. The molecule has 0 spiro atoms. The van der Waals surface area contributed by atoms with Crippen LogP contribution in [0.1, 0.15) is 59.9 Å². The maximum atomic E-state index is 12.7. The van der Waals surface area contributed by atoms with Crippen LogP contribution < -0.4 is 5.32 Å². The highest BCUT2D eigenvalue weighted by Crippen LogP contribution is 2.31. The molecular formula is C17H18N2O4. The summed E-state index contributed by atoms with van der Waals surface area (Å²) < 4.78 is 0. The van der Waals surface area contributed by atoms with E-state index >= 15 is 0 Å². The van der Waals surface area contributed by atoms with E-state index in [1.165, 1.54) is 0 Å². The zero-order valence-electron chi connectivity index (χ0n) is 13.3. The minimum absolute atomic E-state index is 0.122. The van der Waals surface area contributed by atoms with Crippen molar-refractivity contribution in [2.45, 2.75) is 45.1 Å². The lowest BCUT2D eigenvalue weighted by atomic mass is 9.85. The molecule has 0 aliphatic carbocycles. The fourth-order valence-corrected chi connectivity index (χ4v) is 2.94. The van der Waals surface area contributed by atoms with E-state index in [9.17, 15) is 19.2 Å². The number of carbonyl (C=O) groups excluding carboxylic acids is 4. The Hall–Kier alpha value is -2.50. The Morgan fingerprint density at radius 1 is 1.04 bits per heavy atom. The van der Waals surface area contributed by atoms with Gasteiger partial charge in [-0.15, -0.1) is 0 Å². The number of nitrogens with zero attached hydrogens (tertiary/aromatic N) is 1. The number of imide groups is 2. The second-order valence-corrected chi connectivity index (χ2v) is 6.96. The molecule has 1 N–H and O–H groups in total. The minimum Gasteiger partial charge on any atom is -0.295 e. The Bertz CT molecular complexity index is 745. The highest BCUT2D eigenvalue weighted by atomic mass is 16.2. The molecule has 3 rings (SSSR count). The normalized spacial score (nSPS) is 21.5. The summed E-state index contributed by atoms with van der Waals surface area (Å²) in [6.45, 7) is 6.07. The van der Waals surface area contributed by atoms with Gasteiger partial charge in [-0.2, -0.15) is 0 Å². The van der Waals surface area contributed by atoms with Crippen LogP contribution in [0.5, 0.6) is 0 Å². The Balaban J connectivity index is 1.98. The van der Waals surface area contributed by atoms with E-state index in [0.717, 1.165) is 10.5 Å². The third kappa shape index (κ3) is 2.44. The number of amides is 4. The van der Waals surface area contributed by atoms with Gasteiger partial charge in [0.05, 0.1) is 11.1 Å². The maximum absolute atomic E-state index is 12.7. The summed E-state index contributed by atoms with van der Waals surface area (Å²) in [6.07, 6.45) is 0.291. The van der Waals surface area contributed by atoms with Crippen LogP contribution in [0, 0.1) is 0 Å². The van der Waals surface area contributed by atoms with Gasteiger partial charge < -0.3 is 0 Å². The maximum Gasteiger partial charge on any atom is 0.262 e. The smallest absolute Gasteiger partial charge is 0.262 e. The van der Waals surface area contributed by atoms with Gasteiger partial charge in [0.25, 0.3) is 11.8 Å². The number of nitrogens with one attached hydrogen (secondary N) is 1. The van der Waals surface area contributed by atoms with E-state index in [2.05, 4.69) is 5.32 Å². The molecule has 1 saturated heterocycles. The van der Waals surface area contributed by atoms with Crippen molar-refractivity contribution < 1.29 is 19.2 Å². The molecule has 1 aromatic rings. The molecule has 6 nitrogen and oxygen atoms in total. The molecule has 0 radical (unpaired) electrons. The first-order valence-electron chi connectivity index (χ1n) is 7.56. The van der Waals surface area contributed by atoms with Gasteiger partial charge in [0, 0.05) is 6.42 Å². The number of hydrogen-bond donors (Lipinski definition) is 1. The first kappa shape index (κ1) is 15.4. The van der Waals surface area contributed by atoms with Crippen LogP contribution in [-0.4, -0.2) is 34.6 Å². The molecule has 0 unspecified atom stereocenters. The van der Waals surface area contributed by atoms with Crippen molar-refractivity contribution in [3.63, 3.8) is 0 Å². The lowest BCUT2D eigenvalue weighted by molar-refractivity contribution is -0.136. The van der Waals surface area contributed by atoms with Crippen molar-refractivity contribution in [3.8, 4) is 0 Å². The van der Waals surface area contributed by atoms with Crippen molar-refractivity contribution in [2.75, 3.05) is 0 Å². The Kier molecular flexibility index (Phi) is 3.35. The summed E-state index contributed by atoms with van der Waals surface area (Å²) >= 11 is 0. The van der Waals surface area contributed by atoms with Gasteiger partial charge in [-0.1, -0.05) is 26.8 Å². The van der Waals surface area contributed by atoms with Crippen LogP contribution in [0.3, 0.4) is 0 Å². The number of rotatable bonds is 1. The van der Waals surface area contributed by atoms with E-state index in [0.29, 0.717) is 11.1 Å². The van der Waals surface area contributed by atoms with Gasteiger partial charge in [0.15, 0.2) is 0 Å². The standard InChI is InChI=1S/C17H18N2O4/c1-17(2,3)9-4-5-10-11(8-9)16(23)19(15(10)22)12-6-7-13(20)18-14(12)21/h4-5,8,12H,6-7H2,1-3H3,(H,18,20,21)/t12-/m0/s1. The predicted octanol–water partition coefficient (Wildman–Crippen LogP) is 1.39. The zero-order valence-corrected chi connectivity index (χ0v) is 13.3. The molecule has 120 valence electrons. The second kappa shape index (κ2) is 5.01. The number of fused-ring (bicyclic) bond motifs is 1. The van der Waals surface area contributed by atoms with Gasteiger partial charge in [-0.05, 0) is 29.5 Å². The van der Waals surface area contributed by atoms with Gasteiger partial charge in [0.1, 0.15) is 6.04 Å². The van der Waals surface area contributed by atoms with Gasteiger partial charge in [-0.3, -0.25) is 29.4 Å². The predicted molar refractivity (Wildman–Crippen MR) is 81.8 cm³/mol. The average molecular weight is 314 g/mol. The number of benzene rings is 1. The molecule has 1 fully saturated rings. The monoisotopic (exact) mass is 314 g/mol. The summed E-state index contributed by atoms with van der Waals surface area (Å²) in [7, 11) is 0. The van der Waals surface area contributed by atoms with Gasteiger partial charge in [-0.25, -0.2) is 0 Å². The molecule has 0 aromatic heterocycles. The van der Waals surface area contributed by atoms with Crippen LogP contribution in [0.2, 0.25) is 0 Å². The van der Waals surface area contributed by atoms with Crippen LogP contribution in [0.15, 0.2) is 18.2 Å². The molecule has 2 heterocycles. The summed E-state index contributed by atoms with van der Waals surface area (Å²) in [5.41, 5.74) is 1.43. The molecule has 0 saturated carbocycles. The lowest BCUT2D eigenvalue weighted by Gasteiger charge is -2.27. The summed E-state index contributed by atoms with van der Waals surface area (Å²) in [5, 5.41) is 2.19. The van der Waals surface area contributed by atoms with Crippen molar-refractivity contribution >= 4 is 23.6 Å². The van der Waals surface area contributed by atoms with E-state index in [1.807, 2.05) is 26.8 Å². The first-order valence-corrected chi connectivity index (χ1v) is 7.56. The van der Waals surface area contributed by atoms with Crippen LogP contribution in [0.4, 0.5) is 0 Å². The molecule has 6 heteroatoms. The molecule has 2 aliphatic rings. The van der Waals surface area contributed by atoms with Crippen LogP contribution in [0.25, 0.3) is 0 Å². The molecule has 4 amide bonds. The zero-order chi connectivity index (χ0) is 16.9. The van der Waals surface area contributed by atoms with E-state index in [-0.39, 0.29) is 24.2 Å². The quantitative estimate of drug-likeness (QED) is 0.794. The molecule has 23 heavy (non-hydrogen) atoms. The second-order valence-electron chi connectivity index (χ2n) is 6.96. The highest BCUT2D eigenvalue weighted by Gasteiger charge is 2.44. The SMILES string of the molecule is CC(C)(C)c1ccc2c(c1)C(=O)N([C@H]1CCC(=O)NC1=O)C2=O. The molecule has 1 atom stereocenters. The van der Waals surface area contributed by atoms with Crippen molar-refractivity contribution in [2.24, 2.45) is 0 Å². The van der Waals surface area contributed by atoms with Gasteiger partial charge >= 0.3 is 0 Å². The van der Waals surface area contributed by atoms with Crippen molar-refractivity contribution in [3.05, 3.63) is 34.9 Å². The number of hydrogen-bond acceptors (Lipinski definition) is 4. The first-order chi connectivity index (χ1) is 10.7. The summed E-state index contributed by atoms with van der Waals surface area (Å²) in [5.74, 6) is -1.91. The van der Waals surface area contributed by atoms with Gasteiger partial charge in [0.2, 0.25) is 11.8 Å². The molecule has 0 bridgehead atoms. The third-order valence-corrected chi connectivity index (χ3v) is 4.31. The van der Waals surface area contributed by atoms with Crippen LogP contribution in [-0.2, 0) is 15.0 Å². The number of piperidine rings is 1. The fraction of sp³-hybridized carbons (Fsp3) is 0.412. The molecule has 1 aromatic carbocycles. The van der Waals surface area contributed by atoms with Crippen molar-refractivity contribution in [1.29, 1.82) is 0 Å². The average Bonchev–Trinajstić information content (AvgIpc) is 2.71. The van der Waals surface area contributed by atoms with E-state index in [1.54, 1.807) is 12.1 Å². The Morgan fingerprint density at radius 2 is 1.70 bits per heavy atom. The highest BCUT2D eigenvalue weighted by molar-refractivity contribution is 6.23. The molecular weight excluding hydrogens is 296 g/mol. The lowest BCUT2D eigenvalue weighted by Crippen LogP contribution is -2.54. The summed E-state index contributed by atoms with van der Waals surface area (Å²) in [4.78, 5) is 49.4. The topological polar surface area (TPSA) is 83.6 Å². The van der Waals surface area contributed by atoms with Crippen molar-refractivity contribution in [1.82, 2.24) is 10.2 Å².